The maximum Gasteiger partial charge on any atom is 0.240 e. The van der Waals surface area contributed by atoms with E-state index in [2.05, 4.69) is 10.6 Å². The molecule has 110 valence electrons. The zero-order chi connectivity index (χ0) is 14.8. The highest BCUT2D eigenvalue weighted by Crippen LogP contribution is 2.27. The van der Waals surface area contributed by atoms with Crippen molar-refractivity contribution < 1.29 is 14.4 Å². The third kappa shape index (κ3) is 2.80. The summed E-state index contributed by atoms with van der Waals surface area (Å²) in [6.07, 6.45) is 0.908. The van der Waals surface area contributed by atoms with Gasteiger partial charge in [0.25, 0.3) is 0 Å². The van der Waals surface area contributed by atoms with E-state index in [9.17, 15) is 14.4 Å². The van der Waals surface area contributed by atoms with Crippen LogP contribution in [0.3, 0.4) is 0 Å². The van der Waals surface area contributed by atoms with Gasteiger partial charge in [-0.3, -0.25) is 19.7 Å². The van der Waals surface area contributed by atoms with Crippen LogP contribution in [0.2, 0.25) is 0 Å². The molecule has 0 bridgehead atoms. The van der Waals surface area contributed by atoms with E-state index in [-0.39, 0.29) is 23.6 Å². The second-order valence-corrected chi connectivity index (χ2v) is 5.32. The SMILES string of the molecule is O=C1CCC(c2ccc(N3CCNCC3=O)cc2)C(=O)N1. The van der Waals surface area contributed by atoms with Crippen molar-refractivity contribution in [2.75, 3.05) is 24.5 Å². The zero-order valence-electron chi connectivity index (χ0n) is 11.6. The molecule has 1 aromatic rings. The van der Waals surface area contributed by atoms with Crippen molar-refractivity contribution >= 4 is 23.4 Å². The largest absolute Gasteiger partial charge is 0.310 e. The van der Waals surface area contributed by atoms with E-state index >= 15 is 0 Å². The quantitative estimate of drug-likeness (QED) is 0.759. The van der Waals surface area contributed by atoms with Crippen LogP contribution in [0, 0.1) is 0 Å². The number of carbonyl (C=O) groups is 3. The minimum absolute atomic E-state index is 0.0509. The molecule has 2 aliphatic rings. The highest BCUT2D eigenvalue weighted by Gasteiger charge is 2.28. The van der Waals surface area contributed by atoms with E-state index in [1.807, 2.05) is 24.3 Å². The fourth-order valence-electron chi connectivity index (χ4n) is 2.78. The summed E-state index contributed by atoms with van der Waals surface area (Å²) in [5.41, 5.74) is 1.73. The Morgan fingerprint density at radius 1 is 1.10 bits per heavy atom. The number of benzene rings is 1. The first kappa shape index (κ1) is 13.8. The van der Waals surface area contributed by atoms with Crippen molar-refractivity contribution in [2.45, 2.75) is 18.8 Å². The number of hydrogen-bond donors (Lipinski definition) is 2. The monoisotopic (exact) mass is 287 g/mol. The summed E-state index contributed by atoms with van der Waals surface area (Å²) < 4.78 is 0. The van der Waals surface area contributed by atoms with Gasteiger partial charge in [-0.15, -0.1) is 0 Å². The van der Waals surface area contributed by atoms with E-state index in [0.29, 0.717) is 25.9 Å². The van der Waals surface area contributed by atoms with Gasteiger partial charge in [0.2, 0.25) is 17.7 Å². The van der Waals surface area contributed by atoms with Crippen LogP contribution >= 0.6 is 0 Å². The second kappa shape index (κ2) is 5.65. The molecule has 6 nitrogen and oxygen atoms in total. The normalized spacial score (nSPS) is 23.1. The number of carbonyl (C=O) groups excluding carboxylic acids is 3. The third-order valence-electron chi connectivity index (χ3n) is 3.94. The van der Waals surface area contributed by atoms with E-state index in [0.717, 1.165) is 17.8 Å². The van der Waals surface area contributed by atoms with Crippen LogP contribution in [0.15, 0.2) is 24.3 Å². The summed E-state index contributed by atoms with van der Waals surface area (Å²) in [5, 5.41) is 5.39. The molecule has 2 aliphatic heterocycles. The molecule has 6 heteroatoms. The van der Waals surface area contributed by atoms with Crippen LogP contribution in [-0.4, -0.2) is 37.4 Å². The van der Waals surface area contributed by atoms with Gasteiger partial charge in [-0.2, -0.15) is 0 Å². The molecule has 0 saturated carbocycles. The molecule has 1 unspecified atom stereocenters. The van der Waals surface area contributed by atoms with Gasteiger partial charge in [0.05, 0.1) is 12.5 Å². The van der Waals surface area contributed by atoms with E-state index in [1.165, 1.54) is 0 Å². The number of piperazine rings is 1. The Balaban J connectivity index is 1.76. The van der Waals surface area contributed by atoms with Crippen LogP contribution in [0.1, 0.15) is 24.3 Å². The lowest BCUT2D eigenvalue weighted by molar-refractivity contribution is -0.134. The molecular formula is C15H17N3O3. The van der Waals surface area contributed by atoms with Crippen molar-refractivity contribution in [1.82, 2.24) is 10.6 Å². The highest BCUT2D eigenvalue weighted by atomic mass is 16.2. The Morgan fingerprint density at radius 3 is 2.52 bits per heavy atom. The van der Waals surface area contributed by atoms with Gasteiger partial charge in [0, 0.05) is 25.2 Å². The Kier molecular flexibility index (Phi) is 3.70. The molecule has 2 saturated heterocycles. The maximum absolute atomic E-state index is 11.8. The molecule has 0 radical (unpaired) electrons. The molecule has 0 aliphatic carbocycles. The lowest BCUT2D eigenvalue weighted by Crippen LogP contribution is -2.48. The Morgan fingerprint density at radius 2 is 1.86 bits per heavy atom. The molecule has 1 aromatic carbocycles. The molecule has 21 heavy (non-hydrogen) atoms. The average Bonchev–Trinajstić information content (AvgIpc) is 2.48. The zero-order valence-corrected chi connectivity index (χ0v) is 11.6. The summed E-state index contributed by atoms with van der Waals surface area (Å²) in [5.74, 6) is -0.679. The average molecular weight is 287 g/mol. The van der Waals surface area contributed by atoms with Crippen molar-refractivity contribution in [3.05, 3.63) is 29.8 Å². The first-order valence-corrected chi connectivity index (χ1v) is 7.10. The second-order valence-electron chi connectivity index (χ2n) is 5.32. The van der Waals surface area contributed by atoms with Gasteiger partial charge < -0.3 is 10.2 Å². The van der Waals surface area contributed by atoms with E-state index in [1.54, 1.807) is 4.90 Å². The van der Waals surface area contributed by atoms with Gasteiger partial charge in [0.15, 0.2) is 0 Å². The molecule has 3 rings (SSSR count). The number of imide groups is 1. The number of piperidine rings is 1. The lowest BCUT2D eigenvalue weighted by atomic mass is 9.90. The molecule has 0 spiro atoms. The summed E-state index contributed by atoms with van der Waals surface area (Å²) in [6, 6.07) is 7.46. The van der Waals surface area contributed by atoms with Gasteiger partial charge in [-0.05, 0) is 24.1 Å². The summed E-state index contributed by atoms with van der Waals surface area (Å²) in [7, 11) is 0. The number of rotatable bonds is 2. The van der Waals surface area contributed by atoms with Crippen LogP contribution < -0.4 is 15.5 Å². The molecule has 0 aromatic heterocycles. The van der Waals surface area contributed by atoms with Crippen LogP contribution in [0.25, 0.3) is 0 Å². The fourth-order valence-corrected chi connectivity index (χ4v) is 2.78. The number of nitrogens with zero attached hydrogens (tertiary/aromatic N) is 1. The summed E-state index contributed by atoms with van der Waals surface area (Å²) >= 11 is 0. The number of anilines is 1. The standard InChI is InChI=1S/C15H17N3O3/c19-13-6-5-12(15(21)17-13)10-1-3-11(4-2-10)18-8-7-16-9-14(18)20/h1-4,12,16H,5-9H2,(H,17,19,21). The van der Waals surface area contributed by atoms with Crippen molar-refractivity contribution in [2.24, 2.45) is 0 Å². The minimum atomic E-state index is -0.282. The first-order chi connectivity index (χ1) is 10.1. The topological polar surface area (TPSA) is 78.5 Å². The van der Waals surface area contributed by atoms with Crippen molar-refractivity contribution in [1.29, 1.82) is 0 Å². The molecule has 2 fully saturated rings. The summed E-state index contributed by atoms with van der Waals surface area (Å²) in [4.78, 5) is 36.6. The molecular weight excluding hydrogens is 270 g/mol. The van der Waals surface area contributed by atoms with Gasteiger partial charge >= 0.3 is 0 Å². The minimum Gasteiger partial charge on any atom is -0.310 e. The van der Waals surface area contributed by atoms with Crippen LogP contribution in [0.4, 0.5) is 5.69 Å². The molecule has 1 atom stereocenters. The third-order valence-corrected chi connectivity index (χ3v) is 3.94. The van der Waals surface area contributed by atoms with Crippen LogP contribution in [0.5, 0.6) is 0 Å². The Hall–Kier alpha value is -2.21. The van der Waals surface area contributed by atoms with E-state index in [4.69, 9.17) is 0 Å². The molecule has 3 amide bonds. The predicted molar refractivity (Wildman–Crippen MR) is 76.8 cm³/mol. The number of amides is 3. The molecule has 2 heterocycles. The smallest absolute Gasteiger partial charge is 0.240 e. The molecule has 2 N–H and O–H groups in total. The highest BCUT2D eigenvalue weighted by molar-refractivity contribution is 6.01. The van der Waals surface area contributed by atoms with Gasteiger partial charge in [0.1, 0.15) is 0 Å². The lowest BCUT2D eigenvalue weighted by Gasteiger charge is -2.28. The van der Waals surface area contributed by atoms with Crippen LogP contribution in [-0.2, 0) is 14.4 Å². The van der Waals surface area contributed by atoms with Gasteiger partial charge in [-0.25, -0.2) is 0 Å². The van der Waals surface area contributed by atoms with E-state index < -0.39 is 0 Å². The van der Waals surface area contributed by atoms with Crippen molar-refractivity contribution in [3.63, 3.8) is 0 Å². The summed E-state index contributed by atoms with van der Waals surface area (Å²) in [6.45, 7) is 1.78. The Labute approximate surface area is 122 Å². The predicted octanol–water partition coefficient (Wildman–Crippen LogP) is 0.143. The first-order valence-electron chi connectivity index (χ1n) is 7.10. The number of nitrogens with one attached hydrogen (secondary N) is 2. The Bertz CT molecular complexity index is 582. The maximum atomic E-state index is 11.8. The fraction of sp³-hybridized carbons (Fsp3) is 0.400. The van der Waals surface area contributed by atoms with Crippen molar-refractivity contribution in [3.8, 4) is 0 Å². The van der Waals surface area contributed by atoms with Gasteiger partial charge in [-0.1, -0.05) is 12.1 Å². The number of hydrogen-bond acceptors (Lipinski definition) is 4.